The summed E-state index contributed by atoms with van der Waals surface area (Å²) in [5.41, 5.74) is 9.64. The normalized spacial score (nSPS) is 12.0. The average molecular weight is 282 g/mol. The van der Waals surface area contributed by atoms with Crippen molar-refractivity contribution in [1.29, 1.82) is 0 Å². The van der Waals surface area contributed by atoms with Crippen molar-refractivity contribution in [3.8, 4) is 0 Å². The molecule has 0 bridgehead atoms. The number of rotatable bonds is 5. The van der Waals surface area contributed by atoms with Crippen LogP contribution in [0.5, 0.6) is 0 Å². The number of hydrogen-bond donors (Lipinski definition) is 2. The maximum Gasteiger partial charge on any atom is 0.251 e. The van der Waals surface area contributed by atoms with Gasteiger partial charge < -0.3 is 11.1 Å². The Kier molecular flexibility index (Phi) is 5.12. The first kappa shape index (κ1) is 15.3. The molecule has 110 valence electrons. The number of nitrogens with two attached hydrogens (primary N) is 1. The van der Waals surface area contributed by atoms with E-state index >= 15 is 0 Å². The molecule has 3 heteroatoms. The topological polar surface area (TPSA) is 55.1 Å². The summed E-state index contributed by atoms with van der Waals surface area (Å²) in [6, 6.07) is 15.8. The fourth-order valence-corrected chi connectivity index (χ4v) is 2.25. The lowest BCUT2D eigenvalue weighted by atomic mass is 10.0. The molecule has 0 aromatic heterocycles. The van der Waals surface area contributed by atoms with E-state index in [0.29, 0.717) is 12.1 Å². The zero-order valence-electron chi connectivity index (χ0n) is 12.6. The van der Waals surface area contributed by atoms with Crippen LogP contribution in [0, 0.1) is 6.92 Å². The summed E-state index contributed by atoms with van der Waals surface area (Å²) < 4.78 is 0. The quantitative estimate of drug-likeness (QED) is 0.885. The summed E-state index contributed by atoms with van der Waals surface area (Å²) in [5, 5.41) is 3.03. The highest BCUT2D eigenvalue weighted by Crippen LogP contribution is 2.14. The molecule has 21 heavy (non-hydrogen) atoms. The monoisotopic (exact) mass is 282 g/mol. The number of nitrogens with one attached hydrogen (secondary N) is 1. The summed E-state index contributed by atoms with van der Waals surface area (Å²) in [4.78, 5) is 12.3. The summed E-state index contributed by atoms with van der Waals surface area (Å²) in [6.07, 6.45) is 0.786. The highest BCUT2D eigenvalue weighted by atomic mass is 16.1. The maximum atomic E-state index is 12.3. The Morgan fingerprint density at radius 2 is 1.90 bits per heavy atom. The van der Waals surface area contributed by atoms with E-state index in [1.807, 2.05) is 43.3 Å². The van der Waals surface area contributed by atoms with Gasteiger partial charge in [0.1, 0.15) is 0 Å². The first-order chi connectivity index (χ1) is 10.1. The van der Waals surface area contributed by atoms with E-state index in [0.717, 1.165) is 17.5 Å². The van der Waals surface area contributed by atoms with Gasteiger partial charge in [0.25, 0.3) is 5.91 Å². The van der Waals surface area contributed by atoms with Crippen LogP contribution in [0.2, 0.25) is 0 Å². The summed E-state index contributed by atoms with van der Waals surface area (Å²) in [5.74, 6) is -0.0538. The van der Waals surface area contributed by atoms with Crippen LogP contribution in [0.4, 0.5) is 0 Å². The molecule has 1 unspecified atom stereocenters. The van der Waals surface area contributed by atoms with Crippen LogP contribution in [0.25, 0.3) is 0 Å². The molecule has 0 saturated heterocycles. The highest BCUT2D eigenvalue weighted by Gasteiger charge is 2.11. The predicted octanol–water partition coefficient (Wildman–Crippen LogP) is 2.99. The van der Waals surface area contributed by atoms with Gasteiger partial charge >= 0.3 is 0 Å². The van der Waals surface area contributed by atoms with Crippen LogP contribution in [-0.4, -0.2) is 12.5 Å². The zero-order chi connectivity index (χ0) is 15.2. The second-order valence-corrected chi connectivity index (χ2v) is 5.34. The molecule has 0 radical (unpaired) electrons. The van der Waals surface area contributed by atoms with Crippen LogP contribution in [0.1, 0.15) is 40.0 Å². The standard InChI is InChI=1S/C18H22N2O/c1-13-6-8-16(9-7-13)14(2)20-18(21)17-5-3-4-15(12-17)10-11-19/h3-9,12,14H,10-11,19H2,1-2H3,(H,20,21). The molecule has 0 saturated carbocycles. The Balaban J connectivity index is 2.06. The van der Waals surface area contributed by atoms with Gasteiger partial charge in [-0.25, -0.2) is 0 Å². The van der Waals surface area contributed by atoms with Gasteiger partial charge in [0, 0.05) is 5.56 Å². The van der Waals surface area contributed by atoms with E-state index in [1.54, 1.807) is 0 Å². The molecule has 0 aliphatic carbocycles. The molecule has 0 aliphatic rings. The Labute approximate surface area is 126 Å². The largest absolute Gasteiger partial charge is 0.346 e. The Morgan fingerprint density at radius 1 is 1.19 bits per heavy atom. The fraction of sp³-hybridized carbons (Fsp3) is 0.278. The number of carbonyl (C=O) groups excluding carboxylic acids is 1. The van der Waals surface area contributed by atoms with Crippen molar-refractivity contribution in [2.24, 2.45) is 5.73 Å². The van der Waals surface area contributed by atoms with Crippen molar-refractivity contribution in [2.45, 2.75) is 26.3 Å². The van der Waals surface area contributed by atoms with Crippen molar-refractivity contribution >= 4 is 5.91 Å². The van der Waals surface area contributed by atoms with E-state index in [4.69, 9.17) is 5.73 Å². The van der Waals surface area contributed by atoms with Crippen molar-refractivity contribution in [1.82, 2.24) is 5.32 Å². The van der Waals surface area contributed by atoms with Gasteiger partial charge in [-0.3, -0.25) is 4.79 Å². The second-order valence-electron chi connectivity index (χ2n) is 5.34. The van der Waals surface area contributed by atoms with Gasteiger partial charge in [0.05, 0.1) is 6.04 Å². The molecule has 2 aromatic carbocycles. The Morgan fingerprint density at radius 3 is 2.57 bits per heavy atom. The minimum atomic E-state index is -0.0538. The number of carbonyl (C=O) groups is 1. The summed E-state index contributed by atoms with van der Waals surface area (Å²) >= 11 is 0. The lowest BCUT2D eigenvalue weighted by Gasteiger charge is -2.15. The first-order valence-corrected chi connectivity index (χ1v) is 7.26. The minimum absolute atomic E-state index is 0.0173. The zero-order valence-corrected chi connectivity index (χ0v) is 12.6. The molecule has 2 aromatic rings. The molecule has 3 N–H and O–H groups in total. The first-order valence-electron chi connectivity index (χ1n) is 7.26. The van der Waals surface area contributed by atoms with Gasteiger partial charge in [0.15, 0.2) is 0 Å². The number of amides is 1. The van der Waals surface area contributed by atoms with Crippen molar-refractivity contribution in [3.05, 3.63) is 70.8 Å². The highest BCUT2D eigenvalue weighted by molar-refractivity contribution is 5.94. The number of benzene rings is 2. The van der Waals surface area contributed by atoms with E-state index in [-0.39, 0.29) is 11.9 Å². The summed E-state index contributed by atoms with van der Waals surface area (Å²) in [7, 11) is 0. The van der Waals surface area contributed by atoms with Gasteiger partial charge in [-0.2, -0.15) is 0 Å². The molecule has 0 aliphatic heterocycles. The van der Waals surface area contributed by atoms with Crippen molar-refractivity contribution in [2.75, 3.05) is 6.54 Å². The molecule has 3 nitrogen and oxygen atoms in total. The lowest BCUT2D eigenvalue weighted by Crippen LogP contribution is -2.26. The average Bonchev–Trinajstić information content (AvgIpc) is 2.48. The number of aryl methyl sites for hydroxylation is 1. The van der Waals surface area contributed by atoms with E-state index < -0.39 is 0 Å². The van der Waals surface area contributed by atoms with Gasteiger partial charge in [0.2, 0.25) is 0 Å². The maximum absolute atomic E-state index is 12.3. The van der Waals surface area contributed by atoms with E-state index in [1.165, 1.54) is 5.56 Å². The van der Waals surface area contributed by atoms with Crippen LogP contribution in [-0.2, 0) is 6.42 Å². The van der Waals surface area contributed by atoms with Gasteiger partial charge in [-0.05, 0) is 50.1 Å². The molecule has 1 amide bonds. The summed E-state index contributed by atoms with van der Waals surface area (Å²) in [6.45, 7) is 4.63. The van der Waals surface area contributed by atoms with Gasteiger partial charge in [-0.15, -0.1) is 0 Å². The SMILES string of the molecule is Cc1ccc(C(C)NC(=O)c2cccc(CCN)c2)cc1. The van der Waals surface area contributed by atoms with Crippen molar-refractivity contribution < 1.29 is 4.79 Å². The second kappa shape index (κ2) is 7.04. The lowest BCUT2D eigenvalue weighted by molar-refractivity contribution is 0.0940. The molecular weight excluding hydrogens is 260 g/mol. The van der Waals surface area contributed by atoms with Crippen LogP contribution in [0.3, 0.4) is 0 Å². The molecule has 1 atom stereocenters. The Bertz CT molecular complexity index is 605. The minimum Gasteiger partial charge on any atom is -0.346 e. The van der Waals surface area contributed by atoms with E-state index in [9.17, 15) is 4.79 Å². The third kappa shape index (κ3) is 4.17. The molecule has 2 rings (SSSR count). The van der Waals surface area contributed by atoms with E-state index in [2.05, 4.69) is 24.4 Å². The smallest absolute Gasteiger partial charge is 0.251 e. The van der Waals surface area contributed by atoms with Crippen LogP contribution < -0.4 is 11.1 Å². The molecular formula is C18H22N2O. The molecule has 0 heterocycles. The number of hydrogen-bond acceptors (Lipinski definition) is 2. The predicted molar refractivity (Wildman–Crippen MR) is 86.3 cm³/mol. The van der Waals surface area contributed by atoms with Gasteiger partial charge in [-0.1, -0.05) is 42.0 Å². The molecule has 0 fully saturated rings. The third-order valence-electron chi connectivity index (χ3n) is 3.55. The van der Waals surface area contributed by atoms with Crippen LogP contribution in [0.15, 0.2) is 48.5 Å². The fourth-order valence-electron chi connectivity index (χ4n) is 2.25. The molecule has 0 spiro atoms. The third-order valence-corrected chi connectivity index (χ3v) is 3.55. The van der Waals surface area contributed by atoms with Crippen LogP contribution >= 0.6 is 0 Å². The Hall–Kier alpha value is -2.13. The van der Waals surface area contributed by atoms with Crippen molar-refractivity contribution in [3.63, 3.8) is 0 Å².